The summed E-state index contributed by atoms with van der Waals surface area (Å²) < 4.78 is 11.1. The van der Waals surface area contributed by atoms with E-state index in [-0.39, 0.29) is 6.54 Å². The van der Waals surface area contributed by atoms with Gasteiger partial charge in [-0.25, -0.2) is 4.98 Å². The predicted molar refractivity (Wildman–Crippen MR) is 120 cm³/mol. The maximum atomic E-state index is 13.6. The van der Waals surface area contributed by atoms with Crippen molar-refractivity contribution in [3.05, 3.63) is 101 Å². The van der Waals surface area contributed by atoms with Gasteiger partial charge in [-0.3, -0.25) is 4.79 Å². The van der Waals surface area contributed by atoms with Gasteiger partial charge < -0.3 is 19.2 Å². The molecule has 0 radical (unpaired) electrons. The van der Waals surface area contributed by atoms with Gasteiger partial charge in [0, 0.05) is 11.1 Å². The third kappa shape index (κ3) is 3.08. The van der Waals surface area contributed by atoms with Gasteiger partial charge in [0.25, 0.3) is 5.91 Å². The Kier molecular flexibility index (Phi) is 4.79. The predicted octanol–water partition coefficient (Wildman–Crippen LogP) is 4.44. The maximum absolute atomic E-state index is 13.6. The van der Waals surface area contributed by atoms with Crippen LogP contribution in [0.2, 0.25) is 0 Å². The number of methoxy groups -OCH3 is 1. The first-order chi connectivity index (χ1) is 15.5. The number of hydrogen-bond donors (Lipinski definition) is 1. The van der Waals surface area contributed by atoms with Gasteiger partial charge in [-0.1, -0.05) is 48.5 Å². The Bertz CT molecular complexity index is 1280. The molecule has 5 rings (SSSR count). The number of fused-ring (bicyclic) bond motifs is 1. The number of para-hydroxylation sites is 1. The van der Waals surface area contributed by atoms with E-state index in [2.05, 4.69) is 4.98 Å². The van der Waals surface area contributed by atoms with Crippen LogP contribution in [0, 0.1) is 6.92 Å². The Morgan fingerprint density at radius 1 is 1.00 bits per heavy atom. The van der Waals surface area contributed by atoms with E-state index in [0.717, 1.165) is 11.3 Å². The van der Waals surface area contributed by atoms with Crippen LogP contribution in [-0.2, 0) is 16.9 Å². The number of anilines is 1. The summed E-state index contributed by atoms with van der Waals surface area (Å²) >= 11 is 0. The van der Waals surface area contributed by atoms with Crippen LogP contribution in [0.15, 0.2) is 83.3 Å². The highest BCUT2D eigenvalue weighted by molar-refractivity contribution is 6.09. The number of aliphatic hydroxyl groups is 1. The number of oxazole rings is 1. The van der Waals surface area contributed by atoms with E-state index in [4.69, 9.17) is 9.15 Å². The molecule has 0 aliphatic carbocycles. The van der Waals surface area contributed by atoms with Crippen LogP contribution < -0.4 is 9.64 Å². The molecule has 1 aliphatic heterocycles. The van der Waals surface area contributed by atoms with E-state index in [9.17, 15) is 9.90 Å². The number of benzene rings is 3. The molecule has 0 saturated heterocycles. The normalized spacial score (nSPS) is 17.5. The molecule has 32 heavy (non-hydrogen) atoms. The average molecular weight is 426 g/mol. The molecule has 0 saturated carbocycles. The Morgan fingerprint density at radius 2 is 1.69 bits per heavy atom. The first-order valence-corrected chi connectivity index (χ1v) is 10.3. The van der Waals surface area contributed by atoms with Gasteiger partial charge in [0.1, 0.15) is 17.2 Å². The highest BCUT2D eigenvalue weighted by Gasteiger charge is 2.51. The summed E-state index contributed by atoms with van der Waals surface area (Å²) in [6.07, 6.45) is 0. The molecule has 2 heterocycles. The molecular formula is C26H22N2O4. The van der Waals surface area contributed by atoms with Gasteiger partial charge in [0.15, 0.2) is 5.60 Å². The molecule has 1 atom stereocenters. The van der Waals surface area contributed by atoms with E-state index in [1.54, 1.807) is 30.2 Å². The molecule has 1 aromatic heterocycles. The zero-order valence-corrected chi connectivity index (χ0v) is 17.8. The summed E-state index contributed by atoms with van der Waals surface area (Å²) in [5.74, 6) is 1.43. The summed E-state index contributed by atoms with van der Waals surface area (Å²) in [7, 11) is 1.62. The van der Waals surface area contributed by atoms with Crippen LogP contribution in [0.3, 0.4) is 0 Å². The number of amides is 1. The molecule has 0 bridgehead atoms. The van der Waals surface area contributed by atoms with Crippen LogP contribution in [0.5, 0.6) is 5.75 Å². The quantitative estimate of drug-likeness (QED) is 0.511. The number of hydrogen-bond acceptors (Lipinski definition) is 5. The molecule has 3 aromatic carbocycles. The average Bonchev–Trinajstić information content (AvgIpc) is 3.31. The van der Waals surface area contributed by atoms with E-state index in [1.165, 1.54) is 0 Å². The second-order valence-electron chi connectivity index (χ2n) is 7.74. The Hall–Kier alpha value is -3.90. The van der Waals surface area contributed by atoms with E-state index >= 15 is 0 Å². The Morgan fingerprint density at radius 3 is 2.41 bits per heavy atom. The molecule has 1 aliphatic rings. The summed E-state index contributed by atoms with van der Waals surface area (Å²) in [5.41, 5.74) is 1.47. The number of aromatic nitrogens is 1. The van der Waals surface area contributed by atoms with E-state index in [0.29, 0.717) is 34.2 Å². The van der Waals surface area contributed by atoms with Gasteiger partial charge in [-0.2, -0.15) is 0 Å². The highest BCUT2D eigenvalue weighted by Crippen LogP contribution is 2.45. The number of ether oxygens (including phenoxy) is 1. The van der Waals surface area contributed by atoms with Crippen molar-refractivity contribution in [1.82, 2.24) is 4.98 Å². The van der Waals surface area contributed by atoms with Gasteiger partial charge in [0.05, 0.1) is 19.3 Å². The minimum Gasteiger partial charge on any atom is -0.497 e. The van der Waals surface area contributed by atoms with Crippen LogP contribution in [0.4, 0.5) is 5.69 Å². The second kappa shape index (κ2) is 7.66. The van der Waals surface area contributed by atoms with Crippen LogP contribution in [0.1, 0.15) is 22.6 Å². The molecule has 1 N–H and O–H groups in total. The van der Waals surface area contributed by atoms with Crippen molar-refractivity contribution in [2.24, 2.45) is 0 Å². The lowest BCUT2D eigenvalue weighted by atomic mass is 9.88. The van der Waals surface area contributed by atoms with Gasteiger partial charge in [0.2, 0.25) is 5.89 Å². The fourth-order valence-corrected chi connectivity index (χ4v) is 4.13. The lowest BCUT2D eigenvalue weighted by Gasteiger charge is -2.23. The highest BCUT2D eigenvalue weighted by atomic mass is 16.5. The van der Waals surface area contributed by atoms with E-state index < -0.39 is 11.5 Å². The number of carbonyl (C=O) groups is 1. The zero-order valence-electron chi connectivity index (χ0n) is 17.8. The smallest absolute Gasteiger partial charge is 0.268 e. The fourth-order valence-electron chi connectivity index (χ4n) is 4.13. The minimum atomic E-state index is -1.74. The maximum Gasteiger partial charge on any atom is 0.268 e. The number of nitrogens with zero attached hydrogens (tertiary/aromatic N) is 2. The number of rotatable bonds is 5. The van der Waals surface area contributed by atoms with Crippen LogP contribution in [-0.4, -0.2) is 23.1 Å². The first-order valence-electron chi connectivity index (χ1n) is 10.3. The largest absolute Gasteiger partial charge is 0.497 e. The van der Waals surface area contributed by atoms with Gasteiger partial charge >= 0.3 is 0 Å². The molecular weight excluding hydrogens is 404 g/mol. The molecule has 1 amide bonds. The van der Waals surface area contributed by atoms with Crippen LogP contribution in [0.25, 0.3) is 11.5 Å². The molecule has 6 nitrogen and oxygen atoms in total. The SMILES string of the molecule is COc1ccc(-c2nc(CN3C(=O)[C@](O)(c4ccccc4)c4ccccc43)c(C)o2)cc1. The Balaban J connectivity index is 1.51. The first kappa shape index (κ1) is 20.0. The fraction of sp³-hybridized carbons (Fsp3) is 0.154. The van der Waals surface area contributed by atoms with Crippen molar-refractivity contribution in [3.63, 3.8) is 0 Å². The van der Waals surface area contributed by atoms with Crippen molar-refractivity contribution in [2.75, 3.05) is 12.0 Å². The molecule has 160 valence electrons. The van der Waals surface area contributed by atoms with Crippen molar-refractivity contribution in [3.8, 4) is 17.2 Å². The van der Waals surface area contributed by atoms with E-state index in [1.807, 2.05) is 67.6 Å². The van der Waals surface area contributed by atoms with Crippen molar-refractivity contribution in [2.45, 2.75) is 19.1 Å². The molecule has 4 aromatic rings. The third-order valence-corrected chi connectivity index (χ3v) is 5.87. The van der Waals surface area contributed by atoms with Gasteiger partial charge in [-0.15, -0.1) is 0 Å². The zero-order chi connectivity index (χ0) is 22.3. The summed E-state index contributed by atoms with van der Waals surface area (Å²) in [5, 5.41) is 11.6. The summed E-state index contributed by atoms with van der Waals surface area (Å²) in [4.78, 5) is 19.8. The van der Waals surface area contributed by atoms with Crippen molar-refractivity contribution in [1.29, 1.82) is 0 Å². The monoisotopic (exact) mass is 426 g/mol. The second-order valence-corrected chi connectivity index (χ2v) is 7.74. The summed E-state index contributed by atoms with van der Waals surface area (Å²) in [6, 6.07) is 23.8. The molecule has 0 fully saturated rings. The minimum absolute atomic E-state index is 0.191. The van der Waals surface area contributed by atoms with Crippen molar-refractivity contribution < 1.29 is 19.1 Å². The molecule has 0 unspecified atom stereocenters. The number of carbonyl (C=O) groups excluding carboxylic acids is 1. The number of aryl methyl sites for hydroxylation is 1. The topological polar surface area (TPSA) is 75.8 Å². The summed E-state index contributed by atoms with van der Waals surface area (Å²) in [6.45, 7) is 2.02. The molecule has 0 spiro atoms. The lowest BCUT2D eigenvalue weighted by Crippen LogP contribution is -2.41. The van der Waals surface area contributed by atoms with Crippen molar-refractivity contribution >= 4 is 11.6 Å². The lowest BCUT2D eigenvalue weighted by molar-refractivity contribution is -0.132. The third-order valence-electron chi connectivity index (χ3n) is 5.87. The standard InChI is InChI=1S/C26H22N2O4/c1-17-22(27-24(32-17)18-12-14-20(31-2)15-13-18)16-28-23-11-7-6-10-21(23)26(30,25(28)29)19-8-4-3-5-9-19/h3-15,30H,16H2,1-2H3/t26-/m0/s1. The van der Waals surface area contributed by atoms with Gasteiger partial charge in [-0.05, 0) is 42.8 Å². The van der Waals surface area contributed by atoms with Crippen LogP contribution >= 0.6 is 0 Å². The Labute approximate surface area is 185 Å². The molecule has 6 heteroatoms.